The Morgan fingerprint density at radius 2 is 2.50 bits per heavy atom. The predicted molar refractivity (Wildman–Crippen MR) is 35.5 cm³/mol. The van der Waals surface area contributed by atoms with Gasteiger partial charge >= 0.3 is 0 Å². The molecule has 0 aliphatic carbocycles. The molecule has 2 aromatic heterocycles. The molecule has 0 fully saturated rings. The standard InChI is InChI=1S/C5H2ClN4/c6-5-7-1-3-2-8-10-4(3)9-5/h2H,(H,7,8,9,10). The first-order valence-electron chi connectivity index (χ1n) is 2.60. The summed E-state index contributed by atoms with van der Waals surface area (Å²) in [5.41, 5.74) is 0.611. The van der Waals surface area contributed by atoms with E-state index < -0.39 is 0 Å². The van der Waals surface area contributed by atoms with E-state index in [2.05, 4.69) is 26.4 Å². The molecule has 0 bridgehead atoms. The zero-order chi connectivity index (χ0) is 6.97. The van der Waals surface area contributed by atoms with Gasteiger partial charge in [-0.25, -0.2) is 4.98 Å². The number of halogens is 1. The van der Waals surface area contributed by atoms with E-state index in [1.165, 1.54) is 0 Å². The lowest BCUT2D eigenvalue weighted by Gasteiger charge is -1.84. The number of rotatable bonds is 0. The van der Waals surface area contributed by atoms with Crippen LogP contribution in [0.15, 0.2) is 6.20 Å². The van der Waals surface area contributed by atoms with E-state index in [0.29, 0.717) is 5.65 Å². The molecule has 0 spiro atoms. The number of nitrogens with zero attached hydrogens (tertiary/aromatic N) is 3. The van der Waals surface area contributed by atoms with Crippen molar-refractivity contribution in [2.75, 3.05) is 0 Å². The summed E-state index contributed by atoms with van der Waals surface area (Å²) < 4.78 is 0. The Morgan fingerprint density at radius 1 is 1.60 bits per heavy atom. The van der Waals surface area contributed by atoms with Gasteiger partial charge < -0.3 is 0 Å². The van der Waals surface area contributed by atoms with Gasteiger partial charge in [-0.1, -0.05) is 0 Å². The third kappa shape index (κ3) is 0.733. The summed E-state index contributed by atoms with van der Waals surface area (Å²) in [5, 5.41) is 7.29. The lowest BCUT2D eigenvalue weighted by atomic mass is 10.5. The fourth-order valence-electron chi connectivity index (χ4n) is 0.670. The van der Waals surface area contributed by atoms with Crippen molar-refractivity contribution in [2.45, 2.75) is 0 Å². The van der Waals surface area contributed by atoms with E-state index in [1.54, 1.807) is 6.20 Å². The van der Waals surface area contributed by atoms with Crippen molar-refractivity contribution < 1.29 is 0 Å². The highest BCUT2D eigenvalue weighted by Crippen LogP contribution is 2.06. The second kappa shape index (κ2) is 1.91. The molecule has 0 amide bonds. The van der Waals surface area contributed by atoms with Gasteiger partial charge in [0.05, 0.1) is 11.6 Å². The molecular formula is C5H2ClN4. The summed E-state index contributed by atoms with van der Waals surface area (Å²) in [4.78, 5) is 7.49. The molecule has 0 atom stereocenters. The van der Waals surface area contributed by atoms with E-state index in [9.17, 15) is 0 Å². The maximum absolute atomic E-state index is 5.47. The minimum Gasteiger partial charge on any atom is -0.261 e. The van der Waals surface area contributed by atoms with Crippen molar-refractivity contribution in [1.29, 1.82) is 0 Å². The summed E-state index contributed by atoms with van der Waals surface area (Å²) in [6.45, 7) is 0. The Labute approximate surface area is 61.3 Å². The second-order valence-corrected chi connectivity index (χ2v) is 2.07. The van der Waals surface area contributed by atoms with Crippen molar-refractivity contribution in [2.24, 2.45) is 0 Å². The Kier molecular flexibility index (Phi) is 1.07. The third-order valence-corrected chi connectivity index (χ3v) is 1.26. The van der Waals surface area contributed by atoms with Gasteiger partial charge in [-0.05, 0) is 11.6 Å². The highest BCUT2D eigenvalue weighted by molar-refractivity contribution is 6.28. The average Bonchev–Trinajstić information content (AvgIpc) is 2.33. The van der Waals surface area contributed by atoms with E-state index >= 15 is 0 Å². The molecule has 0 unspecified atom stereocenters. The fraction of sp³-hybridized carbons (Fsp3) is 0. The molecule has 2 rings (SSSR count). The van der Waals surface area contributed by atoms with Gasteiger partial charge in [-0.3, -0.25) is 5.10 Å². The topological polar surface area (TPSA) is 54.5 Å². The van der Waals surface area contributed by atoms with Crippen LogP contribution in [-0.2, 0) is 0 Å². The average molecular weight is 154 g/mol. The summed E-state index contributed by atoms with van der Waals surface area (Å²) in [6.07, 6.45) is 4.25. The van der Waals surface area contributed by atoms with Crippen LogP contribution >= 0.6 is 11.6 Å². The van der Waals surface area contributed by atoms with Crippen molar-refractivity contribution in [1.82, 2.24) is 20.2 Å². The first kappa shape index (κ1) is 5.61. The molecule has 2 heterocycles. The third-order valence-electron chi connectivity index (χ3n) is 1.09. The first-order chi connectivity index (χ1) is 4.86. The fourth-order valence-corrected chi connectivity index (χ4v) is 0.797. The Hall–Kier alpha value is -1.16. The van der Waals surface area contributed by atoms with Crippen LogP contribution in [0.4, 0.5) is 0 Å². The largest absolute Gasteiger partial charge is 0.261 e. The lowest BCUT2D eigenvalue weighted by Crippen LogP contribution is -1.81. The monoisotopic (exact) mass is 153 g/mol. The van der Waals surface area contributed by atoms with E-state index in [0.717, 1.165) is 5.39 Å². The van der Waals surface area contributed by atoms with Crippen LogP contribution in [0.25, 0.3) is 11.0 Å². The maximum atomic E-state index is 5.47. The van der Waals surface area contributed by atoms with E-state index in [-0.39, 0.29) is 5.28 Å². The lowest BCUT2D eigenvalue weighted by molar-refractivity contribution is 1.09. The van der Waals surface area contributed by atoms with Gasteiger partial charge in [-0.2, -0.15) is 10.1 Å². The van der Waals surface area contributed by atoms with Crippen LogP contribution in [0.1, 0.15) is 0 Å². The molecule has 5 heteroatoms. The summed E-state index contributed by atoms with van der Waals surface area (Å²) in [7, 11) is 0. The number of hydrogen-bond donors (Lipinski definition) is 1. The zero-order valence-corrected chi connectivity index (χ0v) is 5.55. The minimum atomic E-state index is 0.178. The Morgan fingerprint density at radius 3 is 3.40 bits per heavy atom. The zero-order valence-electron chi connectivity index (χ0n) is 4.80. The molecule has 0 saturated carbocycles. The van der Waals surface area contributed by atoms with Gasteiger partial charge in [-0.15, -0.1) is 0 Å². The van der Waals surface area contributed by atoms with Gasteiger partial charge in [0.15, 0.2) is 5.65 Å². The van der Waals surface area contributed by atoms with Crippen molar-refractivity contribution in [3.05, 3.63) is 17.7 Å². The van der Waals surface area contributed by atoms with Crippen LogP contribution in [0.3, 0.4) is 0 Å². The molecule has 0 aliphatic rings. The Bertz CT molecular complexity index is 355. The normalized spacial score (nSPS) is 10.5. The van der Waals surface area contributed by atoms with E-state index in [4.69, 9.17) is 11.6 Å². The SMILES string of the molecule is Clc1n[c]c2cn[nH]c2n1. The molecule has 0 aliphatic heterocycles. The number of aromatic amines is 1. The summed E-state index contributed by atoms with van der Waals surface area (Å²) in [5.74, 6) is 0. The molecule has 0 saturated heterocycles. The molecule has 0 aromatic carbocycles. The molecule has 1 radical (unpaired) electrons. The van der Waals surface area contributed by atoms with Gasteiger partial charge in [0.25, 0.3) is 0 Å². The molecule has 49 valence electrons. The number of hydrogen-bond acceptors (Lipinski definition) is 3. The summed E-state index contributed by atoms with van der Waals surface area (Å²) in [6, 6.07) is 0. The summed E-state index contributed by atoms with van der Waals surface area (Å²) >= 11 is 5.47. The minimum absolute atomic E-state index is 0.178. The smallest absolute Gasteiger partial charge is 0.225 e. The quantitative estimate of drug-likeness (QED) is 0.570. The van der Waals surface area contributed by atoms with Crippen molar-refractivity contribution >= 4 is 22.6 Å². The molecular weight excluding hydrogens is 152 g/mol. The molecule has 1 N–H and O–H groups in total. The van der Waals surface area contributed by atoms with Crippen LogP contribution in [0, 0.1) is 6.20 Å². The van der Waals surface area contributed by atoms with E-state index in [1.807, 2.05) is 0 Å². The van der Waals surface area contributed by atoms with Crippen LogP contribution < -0.4 is 0 Å². The number of nitrogens with one attached hydrogen (secondary N) is 1. The Balaban J connectivity index is 2.86. The number of fused-ring (bicyclic) bond motifs is 1. The molecule has 10 heavy (non-hydrogen) atoms. The molecule has 4 nitrogen and oxygen atoms in total. The predicted octanol–water partition coefficient (Wildman–Crippen LogP) is 0.806. The second-order valence-electron chi connectivity index (χ2n) is 1.74. The van der Waals surface area contributed by atoms with Gasteiger partial charge in [0.2, 0.25) is 5.28 Å². The van der Waals surface area contributed by atoms with Crippen LogP contribution in [0.2, 0.25) is 5.28 Å². The van der Waals surface area contributed by atoms with Crippen molar-refractivity contribution in [3.8, 4) is 0 Å². The van der Waals surface area contributed by atoms with Crippen molar-refractivity contribution in [3.63, 3.8) is 0 Å². The molecule has 2 aromatic rings. The highest BCUT2D eigenvalue weighted by Gasteiger charge is 1.97. The van der Waals surface area contributed by atoms with Crippen LogP contribution in [0.5, 0.6) is 0 Å². The first-order valence-corrected chi connectivity index (χ1v) is 2.98. The van der Waals surface area contributed by atoms with Gasteiger partial charge in [0, 0.05) is 0 Å². The number of H-pyrrole nitrogens is 1. The van der Waals surface area contributed by atoms with Crippen LogP contribution in [-0.4, -0.2) is 20.2 Å². The highest BCUT2D eigenvalue weighted by atomic mass is 35.5. The maximum Gasteiger partial charge on any atom is 0.225 e. The van der Waals surface area contributed by atoms with Gasteiger partial charge in [0.1, 0.15) is 6.20 Å². The number of aromatic nitrogens is 4.